The number of carboxylic acid groups (broad SMARTS) is 1. The topological polar surface area (TPSA) is 75.6 Å². The van der Waals surface area contributed by atoms with E-state index in [-0.39, 0.29) is 18.6 Å². The van der Waals surface area contributed by atoms with E-state index in [2.05, 4.69) is 5.32 Å². The molecular formula is C17H23NO4. The number of carboxylic acids is 1. The molecule has 120 valence electrons. The molecule has 1 saturated carbocycles. The Hall–Kier alpha value is -2.04. The fourth-order valence-corrected chi connectivity index (χ4v) is 3.36. The van der Waals surface area contributed by atoms with Crippen LogP contribution >= 0.6 is 0 Å². The highest BCUT2D eigenvalue weighted by Gasteiger charge is 2.51. The number of hydrogen-bond acceptors (Lipinski definition) is 3. The molecule has 0 saturated heterocycles. The Labute approximate surface area is 130 Å². The molecule has 3 atom stereocenters. The first-order valence-electron chi connectivity index (χ1n) is 7.68. The second-order valence-electron chi connectivity index (χ2n) is 6.12. The molecule has 2 N–H and O–H groups in total. The predicted molar refractivity (Wildman–Crippen MR) is 82.3 cm³/mol. The van der Waals surface area contributed by atoms with Gasteiger partial charge in [-0.1, -0.05) is 44.2 Å². The van der Waals surface area contributed by atoms with Crippen molar-refractivity contribution in [3.8, 4) is 0 Å². The first kappa shape index (κ1) is 16.3. The largest absolute Gasteiger partial charge is 0.481 e. The van der Waals surface area contributed by atoms with E-state index >= 15 is 0 Å². The van der Waals surface area contributed by atoms with Gasteiger partial charge in [0, 0.05) is 6.04 Å². The van der Waals surface area contributed by atoms with Gasteiger partial charge in [0.25, 0.3) is 0 Å². The summed E-state index contributed by atoms with van der Waals surface area (Å²) in [4.78, 5) is 23.7. The van der Waals surface area contributed by atoms with E-state index in [9.17, 15) is 14.7 Å². The van der Waals surface area contributed by atoms with E-state index < -0.39 is 17.5 Å². The van der Waals surface area contributed by atoms with Crippen LogP contribution < -0.4 is 5.32 Å². The highest BCUT2D eigenvalue weighted by Crippen LogP contribution is 2.44. The third-order valence-electron chi connectivity index (χ3n) is 4.58. The second kappa shape index (κ2) is 6.81. The predicted octanol–water partition coefficient (Wildman–Crippen LogP) is 3.19. The molecule has 1 amide bonds. The van der Waals surface area contributed by atoms with Crippen LogP contribution in [0.15, 0.2) is 30.3 Å². The number of ether oxygens (including phenoxy) is 1. The van der Waals surface area contributed by atoms with E-state index in [0.29, 0.717) is 19.3 Å². The lowest BCUT2D eigenvalue weighted by Crippen LogP contribution is -2.48. The van der Waals surface area contributed by atoms with Crippen molar-refractivity contribution in [1.82, 2.24) is 5.32 Å². The van der Waals surface area contributed by atoms with Crippen LogP contribution in [0.3, 0.4) is 0 Å². The summed E-state index contributed by atoms with van der Waals surface area (Å²) < 4.78 is 5.20. The van der Waals surface area contributed by atoms with Gasteiger partial charge in [0.15, 0.2) is 0 Å². The Morgan fingerprint density at radius 1 is 1.36 bits per heavy atom. The normalized spacial score (nSPS) is 27.4. The molecule has 0 radical (unpaired) electrons. The van der Waals surface area contributed by atoms with Gasteiger partial charge in [-0.05, 0) is 30.7 Å². The highest BCUT2D eigenvalue weighted by atomic mass is 16.5. The second-order valence-corrected chi connectivity index (χ2v) is 6.12. The first-order chi connectivity index (χ1) is 10.5. The molecule has 0 aromatic heterocycles. The van der Waals surface area contributed by atoms with Gasteiger partial charge in [0.2, 0.25) is 0 Å². The van der Waals surface area contributed by atoms with E-state index in [1.807, 2.05) is 44.2 Å². The number of alkyl carbamates (subject to hydrolysis) is 1. The molecule has 2 rings (SSSR count). The molecule has 22 heavy (non-hydrogen) atoms. The molecule has 0 aliphatic heterocycles. The number of hydrogen-bond donors (Lipinski definition) is 2. The molecular weight excluding hydrogens is 282 g/mol. The van der Waals surface area contributed by atoms with Crippen LogP contribution in [-0.4, -0.2) is 23.2 Å². The third-order valence-corrected chi connectivity index (χ3v) is 4.58. The molecule has 1 aliphatic carbocycles. The number of rotatable bonds is 5. The SMILES string of the molecule is CCC1(C(=O)O)CC(C)CC1NC(=O)OCc1ccccc1. The Morgan fingerprint density at radius 2 is 2.05 bits per heavy atom. The zero-order chi connectivity index (χ0) is 16.2. The van der Waals surface area contributed by atoms with E-state index in [4.69, 9.17) is 4.74 Å². The third kappa shape index (κ3) is 3.40. The van der Waals surface area contributed by atoms with Crippen LogP contribution in [0.5, 0.6) is 0 Å². The molecule has 1 aromatic rings. The minimum absolute atomic E-state index is 0.182. The number of nitrogens with one attached hydrogen (secondary N) is 1. The Bertz CT molecular complexity index is 531. The van der Waals surface area contributed by atoms with Gasteiger partial charge >= 0.3 is 12.1 Å². The summed E-state index contributed by atoms with van der Waals surface area (Å²) in [7, 11) is 0. The maximum atomic E-state index is 12.0. The van der Waals surface area contributed by atoms with Crippen LogP contribution in [0.4, 0.5) is 4.79 Å². The van der Waals surface area contributed by atoms with Crippen molar-refractivity contribution in [1.29, 1.82) is 0 Å². The Balaban J connectivity index is 1.96. The quantitative estimate of drug-likeness (QED) is 0.876. The lowest BCUT2D eigenvalue weighted by Gasteiger charge is -2.30. The summed E-state index contributed by atoms with van der Waals surface area (Å²) in [5.41, 5.74) is 0.0167. The van der Waals surface area contributed by atoms with Gasteiger partial charge in [-0.2, -0.15) is 0 Å². The average molecular weight is 305 g/mol. The van der Waals surface area contributed by atoms with Gasteiger partial charge in [-0.3, -0.25) is 4.79 Å². The fourth-order valence-electron chi connectivity index (χ4n) is 3.36. The molecule has 5 nitrogen and oxygen atoms in total. The number of carbonyl (C=O) groups excluding carboxylic acids is 1. The summed E-state index contributed by atoms with van der Waals surface area (Å²) in [5, 5.41) is 12.3. The number of amides is 1. The van der Waals surface area contributed by atoms with Gasteiger partial charge in [-0.15, -0.1) is 0 Å². The van der Waals surface area contributed by atoms with Crippen LogP contribution in [0.25, 0.3) is 0 Å². The van der Waals surface area contributed by atoms with Crippen molar-refractivity contribution in [3.63, 3.8) is 0 Å². The van der Waals surface area contributed by atoms with Crippen molar-refractivity contribution in [2.24, 2.45) is 11.3 Å². The average Bonchev–Trinajstić information content (AvgIpc) is 2.83. The summed E-state index contributed by atoms with van der Waals surface area (Å²) >= 11 is 0. The molecule has 1 aliphatic rings. The minimum Gasteiger partial charge on any atom is -0.481 e. The zero-order valence-electron chi connectivity index (χ0n) is 13.0. The molecule has 3 unspecified atom stereocenters. The molecule has 0 spiro atoms. The standard InChI is InChI=1S/C17H23NO4/c1-3-17(15(19)20)10-12(2)9-14(17)18-16(21)22-11-13-7-5-4-6-8-13/h4-8,12,14H,3,9-11H2,1-2H3,(H,18,21)(H,19,20). The van der Waals surface area contributed by atoms with Gasteiger partial charge < -0.3 is 15.2 Å². The summed E-state index contributed by atoms with van der Waals surface area (Å²) in [6, 6.07) is 9.01. The first-order valence-corrected chi connectivity index (χ1v) is 7.68. The van der Waals surface area contributed by atoms with Gasteiger partial charge in [0.1, 0.15) is 6.61 Å². The van der Waals surface area contributed by atoms with Crippen molar-refractivity contribution < 1.29 is 19.4 Å². The van der Waals surface area contributed by atoms with Gasteiger partial charge in [0.05, 0.1) is 5.41 Å². The molecule has 0 bridgehead atoms. The number of carbonyl (C=O) groups is 2. The molecule has 1 aromatic carbocycles. The molecule has 1 fully saturated rings. The monoisotopic (exact) mass is 305 g/mol. The summed E-state index contributed by atoms with van der Waals surface area (Å²) in [6.07, 6.45) is 1.20. The number of benzene rings is 1. The zero-order valence-corrected chi connectivity index (χ0v) is 13.0. The fraction of sp³-hybridized carbons (Fsp3) is 0.529. The van der Waals surface area contributed by atoms with Crippen LogP contribution in [-0.2, 0) is 16.1 Å². The molecule has 0 heterocycles. The van der Waals surface area contributed by atoms with Crippen molar-refractivity contribution in [2.45, 2.75) is 45.8 Å². The van der Waals surface area contributed by atoms with Crippen molar-refractivity contribution >= 4 is 12.1 Å². The number of aliphatic carboxylic acids is 1. The smallest absolute Gasteiger partial charge is 0.407 e. The lowest BCUT2D eigenvalue weighted by atomic mass is 9.79. The minimum atomic E-state index is -0.884. The van der Waals surface area contributed by atoms with Crippen molar-refractivity contribution in [3.05, 3.63) is 35.9 Å². The van der Waals surface area contributed by atoms with E-state index in [0.717, 1.165) is 5.56 Å². The van der Waals surface area contributed by atoms with Crippen molar-refractivity contribution in [2.75, 3.05) is 0 Å². The van der Waals surface area contributed by atoms with E-state index in [1.165, 1.54) is 0 Å². The van der Waals surface area contributed by atoms with Crippen LogP contribution in [0, 0.1) is 11.3 Å². The van der Waals surface area contributed by atoms with Crippen LogP contribution in [0.1, 0.15) is 38.7 Å². The van der Waals surface area contributed by atoms with Gasteiger partial charge in [-0.25, -0.2) is 4.79 Å². The van der Waals surface area contributed by atoms with E-state index in [1.54, 1.807) is 0 Å². The Morgan fingerprint density at radius 3 is 2.64 bits per heavy atom. The summed E-state index contributed by atoms with van der Waals surface area (Å²) in [5.74, 6) is -0.566. The highest BCUT2D eigenvalue weighted by molar-refractivity contribution is 5.78. The maximum absolute atomic E-state index is 12.0. The molecule has 5 heteroatoms. The summed E-state index contributed by atoms with van der Waals surface area (Å²) in [6.45, 7) is 4.06. The maximum Gasteiger partial charge on any atom is 0.407 e. The van der Waals surface area contributed by atoms with Crippen LogP contribution in [0.2, 0.25) is 0 Å². The Kier molecular flexibility index (Phi) is 5.06. The lowest BCUT2D eigenvalue weighted by molar-refractivity contribution is -0.150.